The Morgan fingerprint density at radius 2 is 1.85 bits per heavy atom. The number of hydrogen-bond donors (Lipinski definition) is 2. The molecule has 0 spiro atoms. The molecule has 0 aromatic carbocycles. The zero-order chi connectivity index (χ0) is 18.7. The molecule has 2 N–H and O–H groups in total. The van der Waals surface area contributed by atoms with Crippen LogP contribution >= 0.6 is 0 Å². The molecule has 0 radical (unpaired) electrons. The van der Waals surface area contributed by atoms with E-state index in [1.807, 2.05) is 0 Å². The molecule has 0 saturated heterocycles. The molecule has 4 aliphatic rings. The van der Waals surface area contributed by atoms with Crippen molar-refractivity contribution >= 4 is 8.32 Å². The summed E-state index contributed by atoms with van der Waals surface area (Å²) in [5, 5.41) is 21.0. The molecule has 3 nitrogen and oxygen atoms in total. The molecule has 0 bridgehead atoms. The lowest BCUT2D eigenvalue weighted by Crippen LogP contribution is -2.54. The average Bonchev–Trinajstić information content (AvgIpc) is 2.88. The first-order valence-electron chi connectivity index (χ1n) is 10.9. The van der Waals surface area contributed by atoms with E-state index >= 15 is 0 Å². The second-order valence-electron chi connectivity index (χ2n) is 10.9. The van der Waals surface area contributed by atoms with Crippen LogP contribution in [-0.2, 0) is 4.43 Å². The highest BCUT2D eigenvalue weighted by Gasteiger charge is 2.59. The Morgan fingerprint density at radius 1 is 1.08 bits per heavy atom. The van der Waals surface area contributed by atoms with E-state index in [-0.39, 0.29) is 23.0 Å². The topological polar surface area (TPSA) is 49.7 Å². The average molecular weight is 379 g/mol. The minimum absolute atomic E-state index is 0.110. The van der Waals surface area contributed by atoms with Gasteiger partial charge in [-0.15, -0.1) is 0 Å². The zero-order valence-corrected chi connectivity index (χ0v) is 18.1. The lowest BCUT2D eigenvalue weighted by molar-refractivity contribution is -0.0869. The SMILES string of the molecule is C[C@]12CC[C@H]3[C@@H](CC=C4CC(O)CC[C@@]43CO[Si](C)(C)C)[C@@H]1CCC2O. The van der Waals surface area contributed by atoms with E-state index in [1.165, 1.54) is 18.4 Å². The number of aliphatic hydroxyl groups excluding tert-OH is 2. The van der Waals surface area contributed by atoms with Gasteiger partial charge < -0.3 is 14.6 Å². The van der Waals surface area contributed by atoms with E-state index in [4.69, 9.17) is 4.43 Å². The Hall–Kier alpha value is -0.163. The van der Waals surface area contributed by atoms with Crippen LogP contribution in [0.2, 0.25) is 19.6 Å². The summed E-state index contributed by atoms with van der Waals surface area (Å²) in [6.07, 6.45) is 10.7. The normalized spacial score (nSPS) is 48.4. The van der Waals surface area contributed by atoms with Crippen LogP contribution in [0.15, 0.2) is 11.6 Å². The van der Waals surface area contributed by atoms with Crippen molar-refractivity contribution in [1.29, 1.82) is 0 Å². The van der Waals surface area contributed by atoms with Crippen molar-refractivity contribution in [3.63, 3.8) is 0 Å². The van der Waals surface area contributed by atoms with Crippen LogP contribution < -0.4 is 0 Å². The Morgan fingerprint density at radius 3 is 2.58 bits per heavy atom. The fourth-order valence-electron chi connectivity index (χ4n) is 7.02. The van der Waals surface area contributed by atoms with Gasteiger partial charge in [-0.25, -0.2) is 0 Å². The molecule has 4 rings (SSSR count). The number of hydrogen-bond acceptors (Lipinski definition) is 3. The van der Waals surface area contributed by atoms with Crippen molar-refractivity contribution in [2.75, 3.05) is 6.61 Å². The number of fused-ring (bicyclic) bond motifs is 5. The van der Waals surface area contributed by atoms with E-state index < -0.39 is 8.32 Å². The molecule has 0 heterocycles. The van der Waals surface area contributed by atoms with Crippen molar-refractivity contribution < 1.29 is 14.6 Å². The van der Waals surface area contributed by atoms with Crippen LogP contribution in [0.5, 0.6) is 0 Å². The molecule has 0 aliphatic heterocycles. The first-order chi connectivity index (χ1) is 12.2. The fraction of sp³-hybridized carbons (Fsp3) is 0.909. The summed E-state index contributed by atoms with van der Waals surface area (Å²) in [5.74, 6) is 2.02. The number of rotatable bonds is 3. The predicted octanol–water partition coefficient (Wildman–Crippen LogP) is 4.50. The molecule has 3 saturated carbocycles. The van der Waals surface area contributed by atoms with Crippen LogP contribution in [0.25, 0.3) is 0 Å². The van der Waals surface area contributed by atoms with Crippen LogP contribution in [0.3, 0.4) is 0 Å². The Kier molecular flexibility index (Phi) is 4.74. The van der Waals surface area contributed by atoms with Gasteiger partial charge in [0.2, 0.25) is 0 Å². The lowest BCUT2D eigenvalue weighted by atomic mass is 9.47. The van der Waals surface area contributed by atoms with E-state index in [9.17, 15) is 10.2 Å². The molecule has 4 aliphatic carbocycles. The summed E-state index contributed by atoms with van der Waals surface area (Å²) >= 11 is 0. The van der Waals surface area contributed by atoms with Crippen LogP contribution in [0.4, 0.5) is 0 Å². The fourth-order valence-corrected chi connectivity index (χ4v) is 7.71. The molecular weight excluding hydrogens is 340 g/mol. The van der Waals surface area contributed by atoms with Crippen LogP contribution in [-0.4, -0.2) is 37.3 Å². The summed E-state index contributed by atoms with van der Waals surface area (Å²) in [7, 11) is -1.58. The van der Waals surface area contributed by atoms with Gasteiger partial charge in [-0.05, 0) is 94.2 Å². The van der Waals surface area contributed by atoms with Gasteiger partial charge in [0.1, 0.15) is 0 Å². The van der Waals surface area contributed by atoms with Crippen molar-refractivity contribution in [3.8, 4) is 0 Å². The van der Waals surface area contributed by atoms with Gasteiger partial charge in [-0.1, -0.05) is 18.6 Å². The van der Waals surface area contributed by atoms with Crippen LogP contribution in [0, 0.1) is 28.6 Å². The highest BCUT2D eigenvalue weighted by Crippen LogP contribution is 2.65. The maximum atomic E-state index is 10.6. The first-order valence-corrected chi connectivity index (χ1v) is 14.3. The minimum atomic E-state index is -1.58. The molecule has 7 atom stereocenters. The maximum Gasteiger partial charge on any atom is 0.183 e. The van der Waals surface area contributed by atoms with E-state index in [0.29, 0.717) is 17.8 Å². The van der Waals surface area contributed by atoms with Gasteiger partial charge in [-0.2, -0.15) is 0 Å². The molecular formula is C22H38O3Si. The van der Waals surface area contributed by atoms with Crippen molar-refractivity contribution in [1.82, 2.24) is 0 Å². The van der Waals surface area contributed by atoms with Gasteiger partial charge in [-0.3, -0.25) is 0 Å². The molecule has 26 heavy (non-hydrogen) atoms. The van der Waals surface area contributed by atoms with E-state index in [2.05, 4.69) is 32.6 Å². The predicted molar refractivity (Wildman–Crippen MR) is 107 cm³/mol. The highest BCUT2D eigenvalue weighted by atomic mass is 28.4. The molecule has 3 fully saturated rings. The number of allylic oxidation sites excluding steroid dienone is 1. The molecule has 4 heteroatoms. The zero-order valence-electron chi connectivity index (χ0n) is 17.1. The van der Waals surface area contributed by atoms with Gasteiger partial charge in [0, 0.05) is 12.0 Å². The van der Waals surface area contributed by atoms with Crippen molar-refractivity contribution in [2.45, 2.75) is 90.1 Å². The summed E-state index contributed by atoms with van der Waals surface area (Å²) < 4.78 is 6.54. The van der Waals surface area contributed by atoms with Crippen molar-refractivity contribution in [2.24, 2.45) is 28.6 Å². The third kappa shape index (κ3) is 2.96. The summed E-state index contributed by atoms with van der Waals surface area (Å²) in [6.45, 7) is 10.1. The molecule has 148 valence electrons. The van der Waals surface area contributed by atoms with Crippen molar-refractivity contribution in [3.05, 3.63) is 11.6 Å². The van der Waals surface area contributed by atoms with E-state index in [1.54, 1.807) is 0 Å². The molecule has 0 amide bonds. The largest absolute Gasteiger partial charge is 0.417 e. The first kappa shape index (κ1) is 19.2. The Bertz CT molecular complexity index is 582. The second kappa shape index (κ2) is 6.43. The third-order valence-electron chi connectivity index (χ3n) is 8.51. The Balaban J connectivity index is 1.67. The van der Waals surface area contributed by atoms with Gasteiger partial charge in [0.25, 0.3) is 0 Å². The summed E-state index contributed by atoms with van der Waals surface area (Å²) in [6, 6.07) is 0. The van der Waals surface area contributed by atoms with E-state index in [0.717, 1.165) is 45.1 Å². The summed E-state index contributed by atoms with van der Waals surface area (Å²) in [5.41, 5.74) is 1.77. The molecule has 0 aromatic heterocycles. The quantitative estimate of drug-likeness (QED) is 0.561. The smallest absolute Gasteiger partial charge is 0.183 e. The summed E-state index contributed by atoms with van der Waals surface area (Å²) in [4.78, 5) is 0. The minimum Gasteiger partial charge on any atom is -0.417 e. The molecule has 0 aromatic rings. The lowest BCUT2D eigenvalue weighted by Gasteiger charge is -2.58. The maximum absolute atomic E-state index is 10.6. The van der Waals surface area contributed by atoms with Gasteiger partial charge >= 0.3 is 0 Å². The third-order valence-corrected chi connectivity index (χ3v) is 9.53. The monoisotopic (exact) mass is 378 g/mol. The highest BCUT2D eigenvalue weighted by molar-refractivity contribution is 6.69. The van der Waals surface area contributed by atoms with Gasteiger partial charge in [0.05, 0.1) is 12.2 Å². The standard InChI is InChI=1S/C22H38O3Si/c1-21-11-10-19-17(18(21)7-8-20(21)24)6-5-15-13-16(23)9-12-22(15,19)14-25-26(2,3)4/h5,16-20,23-24H,6-14H2,1-4H3/t16?,17-,18-,19-,20?,21-,22+/m0/s1. The van der Waals surface area contributed by atoms with Gasteiger partial charge in [0.15, 0.2) is 8.32 Å². The number of aliphatic hydroxyl groups is 2. The van der Waals surface area contributed by atoms with Crippen LogP contribution in [0.1, 0.15) is 58.3 Å². The molecule has 2 unspecified atom stereocenters. The Labute approximate surface area is 160 Å². The second-order valence-corrected chi connectivity index (χ2v) is 15.4.